The SMILES string of the molecule is CS(=O)(=O)NCCNC(=O)c1cccc(=O)[nH]1. The molecule has 1 heterocycles. The molecule has 0 aliphatic rings. The minimum absolute atomic E-state index is 0.0988. The van der Waals surface area contributed by atoms with Gasteiger partial charge in [-0.05, 0) is 6.07 Å². The fourth-order valence-electron chi connectivity index (χ4n) is 1.09. The second-order valence-electron chi connectivity index (χ2n) is 3.35. The summed E-state index contributed by atoms with van der Waals surface area (Å²) in [5.41, 5.74) is -0.233. The maximum Gasteiger partial charge on any atom is 0.267 e. The van der Waals surface area contributed by atoms with Crippen molar-refractivity contribution in [1.82, 2.24) is 15.0 Å². The van der Waals surface area contributed by atoms with Crippen LogP contribution in [0.4, 0.5) is 0 Å². The van der Waals surface area contributed by atoms with Crippen LogP contribution >= 0.6 is 0 Å². The summed E-state index contributed by atoms with van der Waals surface area (Å²) in [4.78, 5) is 24.7. The van der Waals surface area contributed by atoms with Gasteiger partial charge in [0.25, 0.3) is 5.91 Å². The minimum Gasteiger partial charge on any atom is -0.349 e. The molecular formula is C9H13N3O4S. The van der Waals surface area contributed by atoms with Gasteiger partial charge in [0.1, 0.15) is 5.69 Å². The van der Waals surface area contributed by atoms with Crippen molar-refractivity contribution < 1.29 is 13.2 Å². The zero-order chi connectivity index (χ0) is 12.9. The van der Waals surface area contributed by atoms with E-state index >= 15 is 0 Å². The molecule has 0 aliphatic heterocycles. The molecular weight excluding hydrogens is 246 g/mol. The van der Waals surface area contributed by atoms with Crippen molar-refractivity contribution >= 4 is 15.9 Å². The third kappa shape index (κ3) is 5.27. The molecule has 94 valence electrons. The van der Waals surface area contributed by atoms with Crippen LogP contribution in [0.15, 0.2) is 23.0 Å². The highest BCUT2D eigenvalue weighted by molar-refractivity contribution is 7.88. The highest BCUT2D eigenvalue weighted by Gasteiger charge is 2.05. The predicted molar refractivity (Wildman–Crippen MR) is 62.2 cm³/mol. The van der Waals surface area contributed by atoms with Crippen molar-refractivity contribution in [3.05, 3.63) is 34.2 Å². The fourth-order valence-corrected chi connectivity index (χ4v) is 1.56. The zero-order valence-electron chi connectivity index (χ0n) is 9.19. The summed E-state index contributed by atoms with van der Waals surface area (Å²) in [6.45, 7) is 0.241. The first-order chi connectivity index (χ1) is 7.88. The molecule has 0 saturated carbocycles. The van der Waals surface area contributed by atoms with Crippen molar-refractivity contribution in [3.8, 4) is 0 Å². The lowest BCUT2D eigenvalue weighted by atomic mass is 10.3. The number of rotatable bonds is 5. The Morgan fingerprint density at radius 2 is 2.06 bits per heavy atom. The number of pyridine rings is 1. The summed E-state index contributed by atoms with van der Waals surface area (Å²) >= 11 is 0. The smallest absolute Gasteiger partial charge is 0.267 e. The first kappa shape index (κ1) is 13.4. The second kappa shape index (κ2) is 5.60. The van der Waals surface area contributed by atoms with Crippen LogP contribution in [0.25, 0.3) is 0 Å². The van der Waals surface area contributed by atoms with E-state index < -0.39 is 15.9 Å². The van der Waals surface area contributed by atoms with E-state index in [0.717, 1.165) is 6.26 Å². The predicted octanol–water partition coefficient (Wildman–Crippen LogP) is -1.35. The number of aromatic nitrogens is 1. The number of carbonyl (C=O) groups excluding carboxylic acids is 1. The molecule has 1 amide bonds. The number of carbonyl (C=O) groups is 1. The van der Waals surface area contributed by atoms with Gasteiger partial charge in [-0.15, -0.1) is 0 Å². The largest absolute Gasteiger partial charge is 0.349 e. The van der Waals surface area contributed by atoms with E-state index in [2.05, 4.69) is 15.0 Å². The Morgan fingerprint density at radius 3 is 2.65 bits per heavy atom. The second-order valence-corrected chi connectivity index (χ2v) is 5.18. The minimum atomic E-state index is -3.25. The maximum atomic E-state index is 11.5. The first-order valence-corrected chi connectivity index (χ1v) is 6.70. The summed E-state index contributed by atoms with van der Waals surface area (Å²) in [6, 6.07) is 4.21. The Bertz CT molecular complexity index is 549. The van der Waals surface area contributed by atoms with Crippen LogP contribution in [0.1, 0.15) is 10.5 Å². The number of sulfonamides is 1. The van der Waals surface area contributed by atoms with E-state index in [4.69, 9.17) is 0 Å². The molecule has 1 rings (SSSR count). The molecule has 0 unspecified atom stereocenters. The van der Waals surface area contributed by atoms with Gasteiger partial charge in [0, 0.05) is 19.2 Å². The van der Waals surface area contributed by atoms with Crippen molar-refractivity contribution in [3.63, 3.8) is 0 Å². The highest BCUT2D eigenvalue weighted by Crippen LogP contribution is 1.88. The summed E-state index contributed by atoms with van der Waals surface area (Å²) in [6.07, 6.45) is 1.03. The maximum absolute atomic E-state index is 11.5. The molecule has 8 heteroatoms. The monoisotopic (exact) mass is 259 g/mol. The first-order valence-electron chi connectivity index (χ1n) is 4.81. The lowest BCUT2D eigenvalue weighted by Gasteiger charge is -2.05. The van der Waals surface area contributed by atoms with Gasteiger partial charge in [0.2, 0.25) is 15.6 Å². The van der Waals surface area contributed by atoms with Crippen LogP contribution in [0.3, 0.4) is 0 Å². The average Bonchev–Trinajstić information content (AvgIpc) is 2.23. The van der Waals surface area contributed by atoms with Crippen molar-refractivity contribution in [2.45, 2.75) is 0 Å². The molecule has 0 radical (unpaired) electrons. The number of nitrogens with one attached hydrogen (secondary N) is 3. The molecule has 0 saturated heterocycles. The van der Waals surface area contributed by atoms with E-state index in [0.29, 0.717) is 0 Å². The van der Waals surface area contributed by atoms with E-state index in [9.17, 15) is 18.0 Å². The van der Waals surface area contributed by atoms with Gasteiger partial charge in [-0.25, -0.2) is 13.1 Å². The van der Waals surface area contributed by atoms with E-state index in [1.54, 1.807) is 0 Å². The molecule has 0 aliphatic carbocycles. The van der Waals surface area contributed by atoms with Gasteiger partial charge in [-0.2, -0.15) is 0 Å². The van der Waals surface area contributed by atoms with Crippen molar-refractivity contribution in [2.75, 3.05) is 19.3 Å². The van der Waals surface area contributed by atoms with Gasteiger partial charge in [0.15, 0.2) is 0 Å². The van der Waals surface area contributed by atoms with Crippen LogP contribution < -0.4 is 15.6 Å². The summed E-state index contributed by atoms with van der Waals surface area (Å²) < 4.78 is 23.7. The Kier molecular flexibility index (Phi) is 4.41. The standard InChI is InChI=1S/C9H13N3O4S/c1-17(15,16)11-6-5-10-9(14)7-3-2-4-8(13)12-7/h2-4,11H,5-6H2,1H3,(H,10,14)(H,12,13). The fraction of sp³-hybridized carbons (Fsp3) is 0.333. The van der Waals surface area contributed by atoms with Gasteiger partial charge in [-0.3, -0.25) is 9.59 Å². The number of hydrogen-bond acceptors (Lipinski definition) is 4. The van der Waals surface area contributed by atoms with Gasteiger partial charge in [-0.1, -0.05) is 6.07 Å². The molecule has 1 aromatic rings. The summed E-state index contributed by atoms with van der Waals surface area (Å²) in [7, 11) is -3.25. The summed E-state index contributed by atoms with van der Waals surface area (Å²) in [5.74, 6) is -0.460. The molecule has 1 aromatic heterocycles. The topological polar surface area (TPSA) is 108 Å². The molecule has 3 N–H and O–H groups in total. The van der Waals surface area contributed by atoms with Gasteiger partial charge < -0.3 is 10.3 Å². The lowest BCUT2D eigenvalue weighted by Crippen LogP contribution is -2.34. The highest BCUT2D eigenvalue weighted by atomic mass is 32.2. The normalized spacial score (nSPS) is 11.1. The van der Waals surface area contributed by atoms with Crippen LogP contribution in [0.5, 0.6) is 0 Å². The Labute approximate surface area is 98.3 Å². The third-order valence-corrected chi connectivity index (χ3v) is 2.52. The molecule has 7 nitrogen and oxygen atoms in total. The van der Waals surface area contributed by atoms with E-state index in [-0.39, 0.29) is 24.3 Å². The average molecular weight is 259 g/mol. The van der Waals surface area contributed by atoms with E-state index in [1.165, 1.54) is 18.2 Å². The number of amides is 1. The zero-order valence-corrected chi connectivity index (χ0v) is 10.0. The van der Waals surface area contributed by atoms with Crippen LogP contribution in [-0.2, 0) is 10.0 Å². The van der Waals surface area contributed by atoms with Crippen LogP contribution in [-0.4, -0.2) is 38.7 Å². The molecule has 0 aromatic carbocycles. The Morgan fingerprint density at radius 1 is 1.35 bits per heavy atom. The molecule has 17 heavy (non-hydrogen) atoms. The van der Waals surface area contributed by atoms with Crippen LogP contribution in [0, 0.1) is 0 Å². The molecule has 0 fully saturated rings. The van der Waals surface area contributed by atoms with E-state index in [1.807, 2.05) is 0 Å². The Hall–Kier alpha value is -1.67. The number of hydrogen-bond donors (Lipinski definition) is 3. The third-order valence-electron chi connectivity index (χ3n) is 1.79. The quantitative estimate of drug-likeness (QED) is 0.568. The van der Waals surface area contributed by atoms with Crippen molar-refractivity contribution in [1.29, 1.82) is 0 Å². The summed E-state index contributed by atoms with van der Waals surface area (Å²) in [5, 5.41) is 2.46. The molecule has 0 bridgehead atoms. The number of aromatic amines is 1. The number of H-pyrrole nitrogens is 1. The van der Waals surface area contributed by atoms with Gasteiger partial charge in [0.05, 0.1) is 6.26 Å². The molecule has 0 atom stereocenters. The lowest BCUT2D eigenvalue weighted by molar-refractivity contribution is 0.0949. The van der Waals surface area contributed by atoms with Crippen LogP contribution in [0.2, 0.25) is 0 Å². The van der Waals surface area contributed by atoms with Crippen molar-refractivity contribution in [2.24, 2.45) is 0 Å². The Balaban J connectivity index is 2.43. The molecule has 0 spiro atoms. The van der Waals surface area contributed by atoms with Gasteiger partial charge >= 0.3 is 0 Å².